The summed E-state index contributed by atoms with van der Waals surface area (Å²) in [6.07, 6.45) is -1.08. The lowest BCUT2D eigenvalue weighted by Crippen LogP contribution is -2.38. The molecule has 1 amide bonds. The standard InChI is InChI=1S/C22H27F3N2O4/c1-26-10-11-27(9-6-14-4-7-21(30,13-28)8-5-14)18-16-12-15(22(23,24)25)2-3-17(16)31-19(18)20(26)29/h2-3,12,14,28,30H,4-11,13H2,1H3/t14-,21+. The summed E-state index contributed by atoms with van der Waals surface area (Å²) in [4.78, 5) is 16.3. The molecular weight excluding hydrogens is 413 g/mol. The van der Waals surface area contributed by atoms with Crippen LogP contribution in [-0.2, 0) is 6.18 Å². The summed E-state index contributed by atoms with van der Waals surface area (Å²) in [7, 11) is 1.65. The highest BCUT2D eigenvalue weighted by atomic mass is 19.4. The smallest absolute Gasteiger partial charge is 0.416 e. The highest BCUT2D eigenvalue weighted by molar-refractivity contribution is 6.07. The van der Waals surface area contributed by atoms with Crippen LogP contribution in [0.4, 0.5) is 18.9 Å². The Kier molecular flexibility index (Phi) is 5.68. The van der Waals surface area contributed by atoms with E-state index < -0.39 is 17.3 Å². The molecule has 4 rings (SSSR count). The molecule has 0 radical (unpaired) electrons. The quantitative estimate of drug-likeness (QED) is 0.759. The second-order valence-electron chi connectivity index (χ2n) is 8.82. The molecule has 31 heavy (non-hydrogen) atoms. The molecule has 0 bridgehead atoms. The van der Waals surface area contributed by atoms with Gasteiger partial charge >= 0.3 is 6.18 Å². The van der Waals surface area contributed by atoms with Crippen LogP contribution >= 0.6 is 0 Å². The summed E-state index contributed by atoms with van der Waals surface area (Å²) in [5, 5.41) is 19.8. The molecule has 0 saturated heterocycles. The van der Waals surface area contributed by atoms with E-state index in [9.17, 15) is 28.2 Å². The number of amides is 1. The Hall–Kier alpha value is -2.26. The zero-order chi connectivity index (χ0) is 22.4. The Labute approximate surface area is 178 Å². The van der Waals surface area contributed by atoms with Crippen molar-refractivity contribution in [3.05, 3.63) is 29.5 Å². The Morgan fingerprint density at radius 1 is 1.23 bits per heavy atom. The number of nitrogens with zero attached hydrogens (tertiary/aromatic N) is 2. The SMILES string of the molecule is CN1CCN(CC[C@H]2CC[C@](O)(CO)CC2)c2c(oc3ccc(C(F)(F)F)cc23)C1=O. The number of aliphatic hydroxyl groups excluding tert-OH is 1. The van der Waals surface area contributed by atoms with Crippen molar-refractivity contribution in [2.45, 2.75) is 43.9 Å². The molecule has 9 heteroatoms. The second-order valence-corrected chi connectivity index (χ2v) is 8.82. The van der Waals surface area contributed by atoms with E-state index in [0.717, 1.165) is 31.4 Å². The van der Waals surface area contributed by atoms with Gasteiger partial charge in [-0.25, -0.2) is 0 Å². The molecule has 1 aliphatic carbocycles. The van der Waals surface area contributed by atoms with E-state index in [-0.39, 0.29) is 23.9 Å². The topological polar surface area (TPSA) is 77.2 Å². The van der Waals surface area contributed by atoms with Gasteiger partial charge in [0, 0.05) is 32.1 Å². The van der Waals surface area contributed by atoms with Crippen molar-refractivity contribution in [1.29, 1.82) is 0 Å². The Morgan fingerprint density at radius 2 is 1.94 bits per heavy atom. The third kappa shape index (κ3) is 4.25. The maximum atomic E-state index is 13.3. The third-order valence-corrected chi connectivity index (χ3v) is 6.69. The Bertz CT molecular complexity index is 964. The van der Waals surface area contributed by atoms with Gasteiger partial charge in [-0.3, -0.25) is 4.79 Å². The molecule has 1 aliphatic heterocycles. The zero-order valence-electron chi connectivity index (χ0n) is 17.4. The summed E-state index contributed by atoms with van der Waals surface area (Å²) in [5.41, 5.74) is -1.09. The number of anilines is 1. The number of rotatable bonds is 4. The van der Waals surface area contributed by atoms with Crippen molar-refractivity contribution in [3.63, 3.8) is 0 Å². The van der Waals surface area contributed by atoms with Gasteiger partial charge in [0.1, 0.15) is 5.58 Å². The summed E-state index contributed by atoms with van der Waals surface area (Å²) in [5.74, 6) is 0.0800. The van der Waals surface area contributed by atoms with Gasteiger partial charge < -0.3 is 24.4 Å². The van der Waals surface area contributed by atoms with Gasteiger partial charge in [0.15, 0.2) is 0 Å². The maximum absolute atomic E-state index is 13.3. The summed E-state index contributed by atoms with van der Waals surface area (Å²) in [6, 6.07) is 3.30. The number of fused-ring (bicyclic) bond motifs is 3. The fourth-order valence-corrected chi connectivity index (χ4v) is 4.60. The largest absolute Gasteiger partial charge is 0.449 e. The van der Waals surface area contributed by atoms with Crippen LogP contribution in [0, 0.1) is 5.92 Å². The normalized spacial score (nSPS) is 25.1. The molecular formula is C22H27F3N2O4. The number of halogens is 3. The number of furan rings is 1. The van der Waals surface area contributed by atoms with E-state index in [1.165, 1.54) is 11.0 Å². The summed E-state index contributed by atoms with van der Waals surface area (Å²) >= 11 is 0. The minimum Gasteiger partial charge on any atom is -0.449 e. The van der Waals surface area contributed by atoms with Gasteiger partial charge in [-0.05, 0) is 56.2 Å². The highest BCUT2D eigenvalue weighted by Crippen LogP contribution is 2.40. The maximum Gasteiger partial charge on any atom is 0.416 e. The lowest BCUT2D eigenvalue weighted by atomic mass is 9.78. The molecule has 0 atom stereocenters. The molecule has 1 fully saturated rings. The number of alkyl halides is 3. The molecule has 1 aromatic heterocycles. The van der Waals surface area contributed by atoms with E-state index in [0.29, 0.717) is 49.5 Å². The molecule has 170 valence electrons. The van der Waals surface area contributed by atoms with Crippen molar-refractivity contribution in [2.75, 3.05) is 38.2 Å². The fourth-order valence-electron chi connectivity index (χ4n) is 4.60. The van der Waals surface area contributed by atoms with Crippen LogP contribution in [0.3, 0.4) is 0 Å². The average molecular weight is 440 g/mol. The van der Waals surface area contributed by atoms with Crippen molar-refractivity contribution in [2.24, 2.45) is 5.92 Å². The van der Waals surface area contributed by atoms with Gasteiger partial charge in [0.25, 0.3) is 5.91 Å². The number of hydrogen-bond acceptors (Lipinski definition) is 5. The van der Waals surface area contributed by atoms with Crippen LogP contribution < -0.4 is 4.90 Å². The molecule has 2 N–H and O–H groups in total. The highest BCUT2D eigenvalue weighted by Gasteiger charge is 2.36. The molecule has 2 aromatic rings. The number of carbonyl (C=O) groups is 1. The minimum absolute atomic E-state index is 0.0765. The monoisotopic (exact) mass is 440 g/mol. The summed E-state index contributed by atoms with van der Waals surface area (Å²) < 4.78 is 45.6. The number of hydrogen-bond donors (Lipinski definition) is 2. The van der Waals surface area contributed by atoms with E-state index in [1.54, 1.807) is 7.05 Å². The van der Waals surface area contributed by atoms with E-state index >= 15 is 0 Å². The molecule has 0 unspecified atom stereocenters. The predicted octanol–water partition coefficient (Wildman–Crippen LogP) is 3.65. The number of aliphatic hydroxyl groups is 2. The van der Waals surface area contributed by atoms with Gasteiger partial charge in [0.05, 0.1) is 23.5 Å². The number of carbonyl (C=O) groups excluding carboxylic acids is 1. The summed E-state index contributed by atoms with van der Waals surface area (Å²) in [6.45, 7) is 1.26. The van der Waals surface area contributed by atoms with Gasteiger partial charge in [-0.2, -0.15) is 13.2 Å². The van der Waals surface area contributed by atoms with Crippen molar-refractivity contribution in [1.82, 2.24) is 4.90 Å². The van der Waals surface area contributed by atoms with E-state index in [1.807, 2.05) is 4.90 Å². The Morgan fingerprint density at radius 3 is 2.58 bits per heavy atom. The minimum atomic E-state index is -4.49. The second kappa shape index (κ2) is 8.02. The van der Waals surface area contributed by atoms with Crippen molar-refractivity contribution >= 4 is 22.6 Å². The molecule has 0 spiro atoms. The van der Waals surface area contributed by atoms with Gasteiger partial charge in [-0.1, -0.05) is 0 Å². The molecule has 1 saturated carbocycles. The Balaban J connectivity index is 1.62. The first-order valence-corrected chi connectivity index (χ1v) is 10.6. The molecule has 2 heterocycles. The fraction of sp³-hybridized carbons (Fsp3) is 0.591. The zero-order valence-corrected chi connectivity index (χ0v) is 17.4. The van der Waals surface area contributed by atoms with E-state index in [4.69, 9.17) is 4.42 Å². The van der Waals surface area contributed by atoms with Crippen LogP contribution in [0.15, 0.2) is 22.6 Å². The van der Waals surface area contributed by atoms with Crippen LogP contribution in [0.2, 0.25) is 0 Å². The molecule has 2 aliphatic rings. The average Bonchev–Trinajstić information content (AvgIpc) is 3.07. The van der Waals surface area contributed by atoms with E-state index in [2.05, 4.69) is 0 Å². The van der Waals surface area contributed by atoms with Crippen LogP contribution in [0.25, 0.3) is 11.0 Å². The lowest BCUT2D eigenvalue weighted by Gasteiger charge is -2.35. The van der Waals surface area contributed by atoms with Crippen LogP contribution in [0.1, 0.15) is 48.2 Å². The van der Waals surface area contributed by atoms with Gasteiger partial charge in [-0.15, -0.1) is 0 Å². The lowest BCUT2D eigenvalue weighted by molar-refractivity contribution is -0.137. The number of likely N-dealkylation sites (N-methyl/N-ethyl adjacent to an activating group) is 1. The van der Waals surface area contributed by atoms with Crippen LogP contribution in [-0.4, -0.2) is 59.9 Å². The third-order valence-electron chi connectivity index (χ3n) is 6.69. The molecule has 6 nitrogen and oxygen atoms in total. The first-order chi connectivity index (χ1) is 14.6. The first kappa shape index (κ1) is 22.0. The van der Waals surface area contributed by atoms with Gasteiger partial charge in [0.2, 0.25) is 5.76 Å². The number of benzene rings is 1. The van der Waals surface area contributed by atoms with Crippen LogP contribution in [0.5, 0.6) is 0 Å². The van der Waals surface area contributed by atoms with Crippen molar-refractivity contribution in [3.8, 4) is 0 Å². The first-order valence-electron chi connectivity index (χ1n) is 10.6. The van der Waals surface area contributed by atoms with Crippen molar-refractivity contribution < 1.29 is 32.6 Å². The predicted molar refractivity (Wildman–Crippen MR) is 109 cm³/mol. The molecule has 1 aromatic carbocycles.